The molecule has 9 nitrogen and oxygen atoms in total. The molecule has 1 aliphatic heterocycles. The molecule has 0 saturated heterocycles. The van der Waals surface area contributed by atoms with E-state index in [0.29, 0.717) is 43.3 Å². The number of nitro benzene ring substituents is 1. The van der Waals surface area contributed by atoms with Crippen molar-refractivity contribution in [1.29, 1.82) is 0 Å². The van der Waals surface area contributed by atoms with Crippen LogP contribution in [0.25, 0.3) is 17.4 Å². The summed E-state index contributed by atoms with van der Waals surface area (Å²) in [5.74, 6) is 0.336. The quantitative estimate of drug-likeness (QED) is 0.200. The molecule has 5 rings (SSSR count). The molecule has 2 aromatic carbocycles. The monoisotopic (exact) mass is 543 g/mol. The highest BCUT2D eigenvalue weighted by atomic mass is 32.1. The number of aromatic nitrogens is 1. The Labute approximate surface area is 227 Å². The van der Waals surface area contributed by atoms with Crippen molar-refractivity contribution in [2.24, 2.45) is 4.99 Å². The van der Waals surface area contributed by atoms with Gasteiger partial charge in [-0.15, -0.1) is 0 Å². The molecule has 0 unspecified atom stereocenters. The standard InChI is InChI=1S/C29H25N3O6S/c1-5-37-28(34)25-18(4)30-29-31(26(25)19-9-6-16(2)7-10-19)27(33)24(39-29)15-21-12-13-23(38-21)20-11-8-17(3)22(14-20)32(35)36/h6-15,26H,5H2,1-4H3/b24-15-/t26-/m1/s1. The number of carbonyl (C=O) groups excluding carboxylic acids is 1. The highest BCUT2D eigenvalue weighted by Gasteiger charge is 2.33. The minimum Gasteiger partial charge on any atom is -0.463 e. The van der Waals surface area contributed by atoms with Crippen molar-refractivity contribution < 1.29 is 18.9 Å². The fourth-order valence-electron chi connectivity index (χ4n) is 4.53. The van der Waals surface area contributed by atoms with Gasteiger partial charge in [0, 0.05) is 23.3 Å². The van der Waals surface area contributed by atoms with E-state index in [1.165, 1.54) is 22.0 Å². The third-order valence-electron chi connectivity index (χ3n) is 6.50. The summed E-state index contributed by atoms with van der Waals surface area (Å²) in [4.78, 5) is 42.7. The average molecular weight is 544 g/mol. The van der Waals surface area contributed by atoms with Crippen LogP contribution in [0.3, 0.4) is 0 Å². The van der Waals surface area contributed by atoms with Crippen molar-refractivity contribution in [2.75, 3.05) is 6.61 Å². The lowest BCUT2D eigenvalue weighted by atomic mass is 9.95. The number of furan rings is 1. The maximum absolute atomic E-state index is 13.7. The van der Waals surface area contributed by atoms with Gasteiger partial charge in [0.2, 0.25) is 0 Å². The van der Waals surface area contributed by atoms with Gasteiger partial charge in [-0.3, -0.25) is 19.5 Å². The van der Waals surface area contributed by atoms with Gasteiger partial charge in [0.25, 0.3) is 11.2 Å². The molecule has 3 heterocycles. The van der Waals surface area contributed by atoms with Crippen molar-refractivity contribution >= 4 is 29.1 Å². The Morgan fingerprint density at radius 2 is 1.90 bits per heavy atom. The zero-order valence-corrected chi connectivity index (χ0v) is 22.6. The van der Waals surface area contributed by atoms with Gasteiger partial charge in [0.1, 0.15) is 11.5 Å². The van der Waals surface area contributed by atoms with E-state index in [1.54, 1.807) is 51.1 Å². The van der Waals surface area contributed by atoms with Gasteiger partial charge in [0.05, 0.1) is 33.4 Å². The van der Waals surface area contributed by atoms with E-state index in [9.17, 15) is 19.7 Å². The molecule has 4 aromatic rings. The van der Waals surface area contributed by atoms with E-state index in [0.717, 1.165) is 11.1 Å². The number of allylic oxidation sites excluding steroid dienone is 1. The molecule has 0 saturated carbocycles. The fourth-order valence-corrected chi connectivity index (χ4v) is 5.56. The number of nitrogens with zero attached hydrogens (tertiary/aromatic N) is 3. The van der Waals surface area contributed by atoms with E-state index in [2.05, 4.69) is 4.99 Å². The number of nitro groups is 1. The third kappa shape index (κ3) is 4.86. The molecule has 1 aliphatic rings. The van der Waals surface area contributed by atoms with Gasteiger partial charge < -0.3 is 9.15 Å². The van der Waals surface area contributed by atoms with Gasteiger partial charge in [-0.2, -0.15) is 0 Å². The predicted octanol–water partition coefficient (Wildman–Crippen LogP) is 4.58. The third-order valence-corrected chi connectivity index (χ3v) is 7.48. The second-order valence-corrected chi connectivity index (χ2v) is 10.2. The van der Waals surface area contributed by atoms with Crippen LogP contribution in [0.1, 0.15) is 42.3 Å². The Balaban J connectivity index is 1.61. The molecule has 10 heteroatoms. The normalized spacial score (nSPS) is 15.2. The summed E-state index contributed by atoms with van der Waals surface area (Å²) in [6.45, 7) is 7.31. The number of hydrogen-bond donors (Lipinski definition) is 0. The molecule has 0 bridgehead atoms. The number of rotatable bonds is 6. The maximum atomic E-state index is 13.7. The number of esters is 1. The Morgan fingerprint density at radius 1 is 1.15 bits per heavy atom. The lowest BCUT2D eigenvalue weighted by molar-refractivity contribution is -0.385. The van der Waals surface area contributed by atoms with Crippen molar-refractivity contribution in [3.63, 3.8) is 0 Å². The zero-order valence-electron chi connectivity index (χ0n) is 21.8. The molecule has 39 heavy (non-hydrogen) atoms. The van der Waals surface area contributed by atoms with Crippen LogP contribution in [-0.4, -0.2) is 22.1 Å². The van der Waals surface area contributed by atoms with E-state index in [-0.39, 0.29) is 17.9 Å². The van der Waals surface area contributed by atoms with Gasteiger partial charge in [-0.1, -0.05) is 53.3 Å². The molecular formula is C29H25N3O6S. The first-order valence-corrected chi connectivity index (χ1v) is 13.1. The number of fused-ring (bicyclic) bond motifs is 1. The van der Waals surface area contributed by atoms with Crippen LogP contribution in [-0.2, 0) is 9.53 Å². The van der Waals surface area contributed by atoms with Gasteiger partial charge in [-0.25, -0.2) is 9.79 Å². The molecule has 0 aliphatic carbocycles. The Hall–Kier alpha value is -4.57. The van der Waals surface area contributed by atoms with Gasteiger partial charge >= 0.3 is 5.97 Å². The molecular weight excluding hydrogens is 518 g/mol. The number of benzene rings is 2. The lowest BCUT2D eigenvalue weighted by Gasteiger charge is -2.24. The summed E-state index contributed by atoms with van der Waals surface area (Å²) in [6.07, 6.45) is 1.62. The molecule has 0 fully saturated rings. The number of ether oxygens (including phenoxy) is 1. The Bertz CT molecular complexity index is 1830. The van der Waals surface area contributed by atoms with Crippen LogP contribution >= 0.6 is 11.3 Å². The SMILES string of the molecule is CCOC(=O)C1=C(C)N=c2s/c(=C\c3ccc(-c4ccc(C)c([N+](=O)[O-])c4)o3)c(=O)n2[C@@H]1c1ccc(C)cc1. The smallest absolute Gasteiger partial charge is 0.338 e. The van der Waals surface area contributed by atoms with Gasteiger partial charge in [-0.05, 0) is 45.4 Å². The second-order valence-electron chi connectivity index (χ2n) is 9.17. The first-order valence-electron chi connectivity index (χ1n) is 12.3. The van der Waals surface area contributed by atoms with Crippen LogP contribution < -0.4 is 14.9 Å². The Kier molecular flexibility index (Phi) is 6.88. The summed E-state index contributed by atoms with van der Waals surface area (Å²) in [6, 6.07) is 15.3. The number of carbonyl (C=O) groups is 1. The lowest BCUT2D eigenvalue weighted by Crippen LogP contribution is -2.39. The summed E-state index contributed by atoms with van der Waals surface area (Å²) in [7, 11) is 0. The summed E-state index contributed by atoms with van der Waals surface area (Å²) >= 11 is 1.20. The van der Waals surface area contributed by atoms with Crippen molar-refractivity contribution in [2.45, 2.75) is 33.7 Å². The highest BCUT2D eigenvalue weighted by Crippen LogP contribution is 2.31. The fraction of sp³-hybridized carbons (Fsp3) is 0.207. The van der Waals surface area contributed by atoms with Gasteiger partial charge in [0.15, 0.2) is 4.80 Å². The molecule has 2 aromatic heterocycles. The summed E-state index contributed by atoms with van der Waals surface area (Å²) < 4.78 is 13.2. The topological polar surface area (TPSA) is 117 Å². The predicted molar refractivity (Wildman–Crippen MR) is 147 cm³/mol. The summed E-state index contributed by atoms with van der Waals surface area (Å²) in [5, 5.41) is 11.3. The Morgan fingerprint density at radius 3 is 2.59 bits per heavy atom. The van der Waals surface area contributed by atoms with E-state index in [4.69, 9.17) is 9.15 Å². The van der Waals surface area contributed by atoms with Crippen molar-refractivity contribution in [3.8, 4) is 11.3 Å². The molecule has 198 valence electrons. The van der Waals surface area contributed by atoms with Crippen LogP contribution in [0, 0.1) is 24.0 Å². The first-order chi connectivity index (χ1) is 18.7. The minimum absolute atomic E-state index is 0.00244. The molecule has 0 spiro atoms. The van der Waals surface area contributed by atoms with Crippen molar-refractivity contribution in [3.05, 3.63) is 118 Å². The largest absolute Gasteiger partial charge is 0.463 e. The average Bonchev–Trinajstić information content (AvgIpc) is 3.48. The highest BCUT2D eigenvalue weighted by molar-refractivity contribution is 7.07. The molecule has 0 N–H and O–H groups in total. The molecule has 0 radical (unpaired) electrons. The number of hydrogen-bond acceptors (Lipinski definition) is 8. The number of thiazole rings is 1. The molecule has 1 atom stereocenters. The van der Waals surface area contributed by atoms with E-state index >= 15 is 0 Å². The summed E-state index contributed by atoms with van der Waals surface area (Å²) in [5.41, 5.74) is 3.43. The second kappa shape index (κ2) is 10.3. The maximum Gasteiger partial charge on any atom is 0.338 e. The van der Waals surface area contributed by atoms with Crippen molar-refractivity contribution in [1.82, 2.24) is 4.57 Å². The first kappa shape index (κ1) is 26.1. The van der Waals surface area contributed by atoms with Crippen LogP contribution in [0.5, 0.6) is 0 Å². The minimum atomic E-state index is -0.691. The van der Waals surface area contributed by atoms with Crippen LogP contribution in [0.2, 0.25) is 0 Å². The van der Waals surface area contributed by atoms with E-state index in [1.807, 2.05) is 31.2 Å². The van der Waals surface area contributed by atoms with Crippen LogP contribution in [0.15, 0.2) is 80.1 Å². The van der Waals surface area contributed by atoms with Crippen LogP contribution in [0.4, 0.5) is 5.69 Å². The van der Waals surface area contributed by atoms with E-state index < -0.39 is 16.9 Å². The number of aryl methyl sites for hydroxylation is 2. The molecule has 0 amide bonds. The zero-order chi connectivity index (χ0) is 27.8.